The van der Waals surface area contributed by atoms with E-state index in [2.05, 4.69) is 0 Å². The minimum atomic E-state index is -1.08. The van der Waals surface area contributed by atoms with Crippen LogP contribution >= 0.6 is 0 Å². The Morgan fingerprint density at radius 2 is 2.07 bits per heavy atom. The van der Waals surface area contributed by atoms with Crippen molar-refractivity contribution < 1.29 is 14.7 Å². The molecular formula is C10H15NO3. The number of hydrogen-bond acceptors (Lipinski definition) is 2. The molecule has 0 aromatic heterocycles. The molecule has 1 aliphatic carbocycles. The maximum atomic E-state index is 11.5. The molecule has 1 fully saturated rings. The number of nitrogens with zero attached hydrogens (tertiary/aromatic N) is 1. The Bertz CT molecular complexity index is 256. The first-order valence-electron chi connectivity index (χ1n) is 4.86. The number of aliphatic carboxylic acids is 1. The van der Waals surface area contributed by atoms with Crippen LogP contribution < -0.4 is 0 Å². The summed E-state index contributed by atoms with van der Waals surface area (Å²) in [4.78, 5) is 23.5. The molecule has 1 saturated carbocycles. The van der Waals surface area contributed by atoms with E-state index in [4.69, 9.17) is 5.11 Å². The second-order valence-corrected chi connectivity index (χ2v) is 3.43. The van der Waals surface area contributed by atoms with Gasteiger partial charge in [-0.15, -0.1) is 0 Å². The van der Waals surface area contributed by atoms with E-state index in [1.54, 1.807) is 4.90 Å². The van der Waals surface area contributed by atoms with E-state index in [9.17, 15) is 9.59 Å². The largest absolute Gasteiger partial charge is 0.478 e. The van der Waals surface area contributed by atoms with Crippen molar-refractivity contribution in [3.05, 3.63) is 12.2 Å². The molecule has 0 bridgehead atoms. The van der Waals surface area contributed by atoms with Gasteiger partial charge < -0.3 is 10.0 Å². The SMILES string of the molecule is CCCN(C(=O)/C=C/C(=O)O)C1CC1. The molecule has 0 aliphatic heterocycles. The van der Waals surface area contributed by atoms with Gasteiger partial charge in [-0.2, -0.15) is 0 Å². The lowest BCUT2D eigenvalue weighted by molar-refractivity contribution is -0.132. The topological polar surface area (TPSA) is 57.6 Å². The van der Waals surface area contributed by atoms with E-state index in [1.165, 1.54) is 0 Å². The summed E-state index contributed by atoms with van der Waals surface area (Å²) in [5.74, 6) is -1.26. The second kappa shape index (κ2) is 4.79. The van der Waals surface area contributed by atoms with Gasteiger partial charge in [0.25, 0.3) is 0 Å². The van der Waals surface area contributed by atoms with Crippen molar-refractivity contribution >= 4 is 11.9 Å². The first-order valence-corrected chi connectivity index (χ1v) is 4.86. The van der Waals surface area contributed by atoms with Crippen LogP contribution in [-0.2, 0) is 9.59 Å². The number of carboxylic acids is 1. The number of hydrogen-bond donors (Lipinski definition) is 1. The number of carbonyl (C=O) groups is 2. The average molecular weight is 197 g/mol. The van der Waals surface area contributed by atoms with Crippen molar-refractivity contribution in [2.45, 2.75) is 32.2 Å². The van der Waals surface area contributed by atoms with Gasteiger partial charge in [-0.05, 0) is 19.3 Å². The molecule has 4 nitrogen and oxygen atoms in total. The van der Waals surface area contributed by atoms with Crippen LogP contribution in [-0.4, -0.2) is 34.5 Å². The summed E-state index contributed by atoms with van der Waals surface area (Å²) in [6, 6.07) is 0.348. The van der Waals surface area contributed by atoms with E-state index in [1.807, 2.05) is 6.92 Å². The van der Waals surface area contributed by atoms with Gasteiger partial charge in [0.05, 0.1) is 0 Å². The molecule has 0 atom stereocenters. The Hall–Kier alpha value is -1.32. The molecule has 0 radical (unpaired) electrons. The molecule has 1 rings (SSSR count). The summed E-state index contributed by atoms with van der Waals surface area (Å²) in [5, 5.41) is 8.37. The molecular weight excluding hydrogens is 182 g/mol. The van der Waals surface area contributed by atoms with Crippen molar-refractivity contribution in [2.24, 2.45) is 0 Å². The Balaban J connectivity index is 2.50. The van der Waals surface area contributed by atoms with Crippen molar-refractivity contribution in [1.29, 1.82) is 0 Å². The third kappa shape index (κ3) is 3.20. The van der Waals surface area contributed by atoms with Crippen LogP contribution in [0.2, 0.25) is 0 Å². The highest BCUT2D eigenvalue weighted by molar-refractivity contribution is 5.94. The third-order valence-corrected chi connectivity index (χ3v) is 2.10. The summed E-state index contributed by atoms with van der Waals surface area (Å²) in [5.41, 5.74) is 0. The zero-order chi connectivity index (χ0) is 10.6. The molecule has 0 saturated heterocycles. The van der Waals surface area contributed by atoms with Crippen LogP contribution in [0.4, 0.5) is 0 Å². The molecule has 0 heterocycles. The van der Waals surface area contributed by atoms with E-state index >= 15 is 0 Å². The van der Waals surface area contributed by atoms with Gasteiger partial charge in [0.1, 0.15) is 0 Å². The normalized spacial score (nSPS) is 15.8. The fourth-order valence-electron chi connectivity index (χ4n) is 1.34. The molecule has 1 aliphatic rings. The fourth-order valence-corrected chi connectivity index (χ4v) is 1.34. The minimum absolute atomic E-state index is 0.184. The highest BCUT2D eigenvalue weighted by Crippen LogP contribution is 2.27. The molecule has 1 amide bonds. The second-order valence-electron chi connectivity index (χ2n) is 3.43. The minimum Gasteiger partial charge on any atom is -0.478 e. The van der Waals surface area contributed by atoms with Crippen LogP contribution in [0.1, 0.15) is 26.2 Å². The van der Waals surface area contributed by atoms with Crippen molar-refractivity contribution in [3.63, 3.8) is 0 Å². The van der Waals surface area contributed by atoms with E-state index in [0.717, 1.165) is 31.4 Å². The zero-order valence-corrected chi connectivity index (χ0v) is 8.27. The van der Waals surface area contributed by atoms with Gasteiger partial charge in [-0.1, -0.05) is 6.92 Å². The van der Waals surface area contributed by atoms with Gasteiger partial charge in [-0.25, -0.2) is 4.79 Å². The van der Waals surface area contributed by atoms with Gasteiger partial charge >= 0.3 is 5.97 Å². The van der Waals surface area contributed by atoms with Gasteiger partial charge in [0.15, 0.2) is 0 Å². The standard InChI is InChI=1S/C10H15NO3/c1-2-7-11(8-3-4-8)9(12)5-6-10(13)14/h5-6,8H,2-4,7H2,1H3,(H,13,14)/b6-5+. The maximum absolute atomic E-state index is 11.5. The summed E-state index contributed by atoms with van der Waals surface area (Å²) in [7, 11) is 0. The highest BCUT2D eigenvalue weighted by atomic mass is 16.4. The molecule has 0 spiro atoms. The van der Waals surface area contributed by atoms with Crippen LogP contribution in [0.25, 0.3) is 0 Å². The third-order valence-electron chi connectivity index (χ3n) is 2.10. The summed E-state index contributed by atoms with van der Waals surface area (Å²) in [6.07, 6.45) is 5.03. The van der Waals surface area contributed by atoms with Crippen LogP contribution in [0.15, 0.2) is 12.2 Å². The van der Waals surface area contributed by atoms with Crippen molar-refractivity contribution in [1.82, 2.24) is 4.90 Å². The quantitative estimate of drug-likeness (QED) is 0.669. The zero-order valence-electron chi connectivity index (χ0n) is 8.27. The Morgan fingerprint density at radius 3 is 2.50 bits per heavy atom. The Labute approximate surface area is 83.2 Å². The summed E-state index contributed by atoms with van der Waals surface area (Å²) in [6.45, 7) is 2.72. The lowest BCUT2D eigenvalue weighted by Crippen LogP contribution is -2.32. The molecule has 1 N–H and O–H groups in total. The predicted octanol–water partition coefficient (Wildman–Crippen LogP) is 1.03. The molecule has 0 aromatic carbocycles. The van der Waals surface area contributed by atoms with Crippen molar-refractivity contribution in [3.8, 4) is 0 Å². The highest BCUT2D eigenvalue weighted by Gasteiger charge is 2.30. The van der Waals surface area contributed by atoms with E-state index in [0.29, 0.717) is 12.6 Å². The Morgan fingerprint density at radius 1 is 1.43 bits per heavy atom. The van der Waals surface area contributed by atoms with E-state index in [-0.39, 0.29) is 5.91 Å². The lowest BCUT2D eigenvalue weighted by atomic mass is 10.3. The average Bonchev–Trinajstić information content (AvgIpc) is 2.93. The van der Waals surface area contributed by atoms with Gasteiger partial charge in [0.2, 0.25) is 5.91 Å². The smallest absolute Gasteiger partial charge is 0.328 e. The Kier molecular flexibility index (Phi) is 3.68. The number of amides is 1. The number of rotatable bonds is 5. The molecule has 14 heavy (non-hydrogen) atoms. The summed E-state index contributed by atoms with van der Waals surface area (Å²) >= 11 is 0. The van der Waals surface area contributed by atoms with Crippen molar-refractivity contribution in [2.75, 3.05) is 6.54 Å². The summed E-state index contributed by atoms with van der Waals surface area (Å²) < 4.78 is 0. The van der Waals surface area contributed by atoms with Crippen LogP contribution in [0.5, 0.6) is 0 Å². The molecule has 0 unspecified atom stereocenters. The first-order chi connectivity index (χ1) is 6.65. The van der Waals surface area contributed by atoms with Crippen LogP contribution in [0.3, 0.4) is 0 Å². The monoisotopic (exact) mass is 197 g/mol. The fraction of sp³-hybridized carbons (Fsp3) is 0.600. The lowest BCUT2D eigenvalue weighted by Gasteiger charge is -2.19. The molecule has 78 valence electrons. The predicted molar refractivity (Wildman–Crippen MR) is 51.8 cm³/mol. The molecule has 0 aromatic rings. The maximum Gasteiger partial charge on any atom is 0.328 e. The first kappa shape index (κ1) is 10.8. The van der Waals surface area contributed by atoms with Gasteiger partial charge in [0, 0.05) is 24.7 Å². The van der Waals surface area contributed by atoms with E-state index < -0.39 is 5.97 Å². The molecule has 4 heteroatoms. The van der Waals surface area contributed by atoms with Gasteiger partial charge in [-0.3, -0.25) is 4.79 Å². The number of carboxylic acid groups (broad SMARTS) is 1. The number of carbonyl (C=O) groups excluding carboxylic acids is 1. The van der Waals surface area contributed by atoms with Crippen LogP contribution in [0, 0.1) is 0 Å².